The molecule has 0 amide bonds. The Morgan fingerprint density at radius 1 is 1.30 bits per heavy atom. The summed E-state index contributed by atoms with van der Waals surface area (Å²) >= 11 is 1.30. The van der Waals surface area contributed by atoms with Crippen molar-refractivity contribution < 1.29 is 38.1 Å². The molecule has 1 aromatic rings. The minimum Gasteiger partial charge on any atom is -0.478 e. The summed E-state index contributed by atoms with van der Waals surface area (Å²) in [5.74, 6) is -2.18. The Hall–Kier alpha value is -2.81. The number of hydrogen-bond acceptors (Lipinski definition) is 7. The Morgan fingerprint density at radius 2 is 1.89 bits per heavy atom. The monoisotopic (exact) mass is 414 g/mol. The van der Waals surface area contributed by atoms with Crippen LogP contribution in [0.25, 0.3) is 0 Å². The number of carbonyl (C=O) groups is 2. The van der Waals surface area contributed by atoms with Crippen molar-refractivity contribution in [3.8, 4) is 0 Å². The van der Waals surface area contributed by atoms with E-state index >= 15 is 0 Å². The van der Waals surface area contributed by atoms with Gasteiger partial charge in [-0.15, -0.1) is 5.10 Å². The average Bonchev–Trinajstić information content (AvgIpc) is 2.98. The van der Waals surface area contributed by atoms with Gasteiger partial charge in [-0.1, -0.05) is 11.8 Å². The highest BCUT2D eigenvalue weighted by molar-refractivity contribution is 7.99. The number of aliphatic hydroxyl groups is 1. The predicted octanol–water partition coefficient (Wildman–Crippen LogP) is 0.280. The normalized spacial score (nSPS) is 11.8. The molecule has 1 aromatic heterocycles. The number of alkyl halides is 3. The number of aliphatic carboxylic acids is 2. The summed E-state index contributed by atoms with van der Waals surface area (Å²) in [5.41, 5.74) is 5.26. The molecule has 0 fully saturated rings. The number of guanidine groups is 1. The number of H-pyrrole nitrogens is 1. The third kappa shape index (κ3) is 15.2. The lowest BCUT2D eigenvalue weighted by molar-refractivity contribution is -0.134. The van der Waals surface area contributed by atoms with Crippen LogP contribution in [0.4, 0.5) is 19.1 Å². The van der Waals surface area contributed by atoms with Crippen LogP contribution in [0.2, 0.25) is 0 Å². The van der Waals surface area contributed by atoms with Gasteiger partial charge in [0.25, 0.3) is 0 Å². The number of thioether (sulfide) groups is 1. The number of aromatic nitrogens is 3. The number of aliphatic imine (C=N–C) groups is 1. The number of aliphatic hydroxyl groups excluding tert-OH is 1. The quantitative estimate of drug-likeness (QED) is 0.113. The Labute approximate surface area is 154 Å². The Kier molecular flexibility index (Phi) is 11.2. The van der Waals surface area contributed by atoms with Gasteiger partial charge in [-0.2, -0.15) is 18.2 Å². The molecule has 0 aromatic carbocycles. The van der Waals surface area contributed by atoms with Crippen LogP contribution in [0.1, 0.15) is 6.42 Å². The SMILES string of the molecule is NC(=NCC(F)(F)F)Nc1nc(SCCCO)n[nH]1.O=C(O)/C=C\C(=O)O. The van der Waals surface area contributed by atoms with E-state index in [4.69, 9.17) is 21.1 Å². The molecule has 0 spiro atoms. The fourth-order valence-electron chi connectivity index (χ4n) is 1.07. The first-order chi connectivity index (χ1) is 12.5. The van der Waals surface area contributed by atoms with Gasteiger partial charge in [0.15, 0.2) is 5.96 Å². The lowest BCUT2D eigenvalue weighted by Gasteiger charge is -2.03. The zero-order chi connectivity index (χ0) is 20.9. The molecule has 1 heterocycles. The lowest BCUT2D eigenvalue weighted by Crippen LogP contribution is -2.26. The van der Waals surface area contributed by atoms with Crippen molar-refractivity contribution in [3.63, 3.8) is 0 Å². The van der Waals surface area contributed by atoms with Gasteiger partial charge in [0, 0.05) is 24.5 Å². The Morgan fingerprint density at radius 3 is 2.37 bits per heavy atom. The fourth-order valence-corrected chi connectivity index (χ4v) is 1.80. The molecule has 0 aliphatic carbocycles. The second kappa shape index (κ2) is 12.5. The molecule has 0 aliphatic rings. The summed E-state index contributed by atoms with van der Waals surface area (Å²) in [6.07, 6.45) is -2.69. The number of anilines is 1. The maximum absolute atomic E-state index is 11.9. The van der Waals surface area contributed by atoms with Crippen molar-refractivity contribution in [3.05, 3.63) is 12.2 Å². The molecule has 7 N–H and O–H groups in total. The molecular formula is C12H17F3N6O5S. The number of nitrogens with two attached hydrogens (primary N) is 1. The van der Waals surface area contributed by atoms with Crippen LogP contribution in [0, 0.1) is 0 Å². The summed E-state index contributed by atoms with van der Waals surface area (Å²) in [6.45, 7) is -1.29. The van der Waals surface area contributed by atoms with Gasteiger partial charge in [-0.3, -0.25) is 5.32 Å². The average molecular weight is 414 g/mol. The van der Waals surface area contributed by atoms with E-state index in [9.17, 15) is 22.8 Å². The molecule has 0 unspecified atom stereocenters. The molecule has 15 heteroatoms. The Balaban J connectivity index is 0.000000713. The zero-order valence-corrected chi connectivity index (χ0v) is 14.4. The highest BCUT2D eigenvalue weighted by atomic mass is 32.2. The van der Waals surface area contributed by atoms with E-state index in [0.717, 1.165) is 0 Å². The van der Waals surface area contributed by atoms with Crippen molar-refractivity contribution in [1.82, 2.24) is 15.2 Å². The van der Waals surface area contributed by atoms with Crippen molar-refractivity contribution in [1.29, 1.82) is 0 Å². The number of nitrogens with zero attached hydrogens (tertiary/aromatic N) is 3. The van der Waals surface area contributed by atoms with Gasteiger partial charge in [0.1, 0.15) is 6.54 Å². The highest BCUT2D eigenvalue weighted by Gasteiger charge is 2.26. The van der Waals surface area contributed by atoms with E-state index in [0.29, 0.717) is 29.5 Å². The Bertz CT molecular complexity index is 648. The van der Waals surface area contributed by atoms with Gasteiger partial charge in [0.05, 0.1) is 0 Å². The summed E-state index contributed by atoms with van der Waals surface area (Å²) in [7, 11) is 0. The molecule has 27 heavy (non-hydrogen) atoms. The molecule has 152 valence electrons. The van der Waals surface area contributed by atoms with Crippen LogP contribution in [0.3, 0.4) is 0 Å². The smallest absolute Gasteiger partial charge is 0.408 e. The van der Waals surface area contributed by atoms with Crippen LogP contribution < -0.4 is 11.1 Å². The maximum atomic E-state index is 11.9. The number of rotatable bonds is 8. The fraction of sp³-hybridized carbons (Fsp3) is 0.417. The summed E-state index contributed by atoms with van der Waals surface area (Å²) in [5, 5.41) is 33.2. The van der Waals surface area contributed by atoms with Gasteiger partial charge in [0.2, 0.25) is 11.1 Å². The summed E-state index contributed by atoms with van der Waals surface area (Å²) in [4.78, 5) is 26.1. The maximum Gasteiger partial charge on any atom is 0.408 e. The molecule has 0 saturated carbocycles. The largest absolute Gasteiger partial charge is 0.478 e. The van der Waals surface area contributed by atoms with Crippen molar-refractivity contribution in [2.24, 2.45) is 10.7 Å². The van der Waals surface area contributed by atoms with E-state index in [2.05, 4.69) is 25.5 Å². The third-order valence-electron chi connectivity index (χ3n) is 2.04. The van der Waals surface area contributed by atoms with Crippen LogP contribution in [-0.2, 0) is 9.59 Å². The number of halogens is 3. The first-order valence-electron chi connectivity index (χ1n) is 6.97. The molecule has 1 rings (SSSR count). The van der Waals surface area contributed by atoms with E-state index in [1.807, 2.05) is 0 Å². The molecule has 0 radical (unpaired) electrons. The van der Waals surface area contributed by atoms with Crippen LogP contribution in [0.15, 0.2) is 22.3 Å². The van der Waals surface area contributed by atoms with Crippen molar-refractivity contribution >= 4 is 35.6 Å². The van der Waals surface area contributed by atoms with Gasteiger partial charge in [-0.25, -0.2) is 19.7 Å². The summed E-state index contributed by atoms with van der Waals surface area (Å²) < 4.78 is 35.6. The van der Waals surface area contributed by atoms with E-state index in [1.165, 1.54) is 11.8 Å². The van der Waals surface area contributed by atoms with E-state index < -0.39 is 30.6 Å². The second-order valence-corrected chi connectivity index (χ2v) is 5.41. The first kappa shape index (κ1) is 24.2. The van der Waals surface area contributed by atoms with E-state index in [1.54, 1.807) is 0 Å². The van der Waals surface area contributed by atoms with Gasteiger partial charge >= 0.3 is 18.1 Å². The summed E-state index contributed by atoms with van der Waals surface area (Å²) in [6, 6.07) is 0. The first-order valence-corrected chi connectivity index (χ1v) is 7.95. The predicted molar refractivity (Wildman–Crippen MR) is 89.4 cm³/mol. The molecule has 0 aliphatic heterocycles. The number of aromatic amines is 1. The topological polar surface area (TPSA) is 187 Å². The number of carboxylic acid groups (broad SMARTS) is 2. The standard InChI is InChI=1S/C8H13F3N6OS.C4H4O4/c9-8(10,11)4-13-5(12)14-6-15-7(17-16-6)19-3-1-2-18;5-3(6)1-2-4(7)8/h18H,1-4H2,(H4,12,13,14,15,16,17);1-2H,(H,5,6)(H,7,8)/b;2-1-. The minimum atomic E-state index is -4.40. The van der Waals surface area contributed by atoms with Crippen LogP contribution in [-0.4, -0.2) is 73.5 Å². The molecule has 0 bridgehead atoms. The molecule has 11 nitrogen and oxygen atoms in total. The number of nitrogens with one attached hydrogen (secondary N) is 2. The van der Waals surface area contributed by atoms with Crippen LogP contribution in [0.5, 0.6) is 0 Å². The molecule has 0 saturated heterocycles. The number of hydrogen-bond donors (Lipinski definition) is 6. The van der Waals surface area contributed by atoms with Gasteiger partial charge < -0.3 is 21.1 Å². The number of carboxylic acids is 2. The highest BCUT2D eigenvalue weighted by Crippen LogP contribution is 2.15. The van der Waals surface area contributed by atoms with Crippen molar-refractivity contribution in [2.75, 3.05) is 24.2 Å². The lowest BCUT2D eigenvalue weighted by atomic mass is 10.5. The van der Waals surface area contributed by atoms with Gasteiger partial charge in [-0.05, 0) is 6.42 Å². The zero-order valence-electron chi connectivity index (χ0n) is 13.6. The third-order valence-corrected chi connectivity index (χ3v) is 2.98. The molecular weight excluding hydrogens is 397 g/mol. The minimum absolute atomic E-state index is 0.0690. The van der Waals surface area contributed by atoms with Crippen LogP contribution >= 0.6 is 11.8 Å². The molecule has 0 atom stereocenters. The second-order valence-electron chi connectivity index (χ2n) is 4.34. The van der Waals surface area contributed by atoms with Crippen molar-refractivity contribution in [2.45, 2.75) is 17.8 Å². The van der Waals surface area contributed by atoms with E-state index in [-0.39, 0.29) is 12.6 Å².